The summed E-state index contributed by atoms with van der Waals surface area (Å²) in [6, 6.07) is 16.4. The molecule has 0 bridgehead atoms. The normalized spacial score (nSPS) is 23.4. The van der Waals surface area contributed by atoms with Crippen LogP contribution in [-0.4, -0.2) is 48.0 Å². The number of aromatic nitrogens is 1. The Kier molecular flexibility index (Phi) is 7.78. The third kappa shape index (κ3) is 6.40. The average molecular weight is 450 g/mol. The Labute approximate surface area is 198 Å². The fourth-order valence-corrected chi connectivity index (χ4v) is 5.43. The van der Waals surface area contributed by atoms with Crippen molar-refractivity contribution in [1.82, 2.24) is 26.1 Å². The first kappa shape index (κ1) is 23.9. The standard InChI is InChI=1S/C27H39N5O/c1-27(2,3)26-22(18-29-31-26)19-32-15-12-21(13-16-32)25(23-11-7-8-14-28-23)30-24(33)17-20-9-5-4-6-10-20/h4-11,14,21-22,25-26,29,31H,12-13,15-19H2,1-3H3,(H,30,33). The number of hydrazine groups is 1. The SMILES string of the molecule is CC(C)(C)C1NNCC1CN1CCC(C(NC(=O)Cc2ccccc2)c2ccccn2)CC1. The Morgan fingerprint density at radius 3 is 2.52 bits per heavy atom. The van der Waals surface area contributed by atoms with Gasteiger partial charge in [0.15, 0.2) is 0 Å². The van der Waals surface area contributed by atoms with E-state index < -0.39 is 0 Å². The van der Waals surface area contributed by atoms with Crippen molar-refractivity contribution in [3.05, 3.63) is 66.0 Å². The molecule has 3 unspecified atom stereocenters. The molecule has 2 aliphatic rings. The number of carbonyl (C=O) groups excluding carboxylic acids is 1. The first-order valence-corrected chi connectivity index (χ1v) is 12.3. The van der Waals surface area contributed by atoms with Gasteiger partial charge in [0.2, 0.25) is 5.91 Å². The number of hydrogen-bond acceptors (Lipinski definition) is 5. The van der Waals surface area contributed by atoms with Gasteiger partial charge in [-0.05, 0) is 55.0 Å². The summed E-state index contributed by atoms with van der Waals surface area (Å²) in [5.74, 6) is 1.07. The predicted molar refractivity (Wildman–Crippen MR) is 132 cm³/mol. The van der Waals surface area contributed by atoms with Crippen LogP contribution in [0.15, 0.2) is 54.7 Å². The molecular weight excluding hydrogens is 410 g/mol. The Balaban J connectivity index is 1.37. The van der Waals surface area contributed by atoms with E-state index in [1.54, 1.807) is 0 Å². The summed E-state index contributed by atoms with van der Waals surface area (Å²) < 4.78 is 0. The van der Waals surface area contributed by atoms with Crippen molar-refractivity contribution in [3.63, 3.8) is 0 Å². The molecule has 2 saturated heterocycles. The van der Waals surface area contributed by atoms with Gasteiger partial charge in [-0.1, -0.05) is 57.2 Å². The number of pyridine rings is 1. The van der Waals surface area contributed by atoms with Gasteiger partial charge in [-0.15, -0.1) is 0 Å². The minimum atomic E-state index is -0.0401. The molecule has 0 aliphatic carbocycles. The van der Waals surface area contributed by atoms with E-state index in [1.807, 2.05) is 54.7 Å². The lowest BCUT2D eigenvalue weighted by Gasteiger charge is -2.39. The number of likely N-dealkylation sites (tertiary alicyclic amines) is 1. The lowest BCUT2D eigenvalue weighted by molar-refractivity contribution is -0.121. The Morgan fingerprint density at radius 1 is 1.12 bits per heavy atom. The third-order valence-electron chi connectivity index (χ3n) is 7.15. The molecular formula is C27H39N5O. The molecule has 1 aromatic heterocycles. The Morgan fingerprint density at radius 2 is 1.85 bits per heavy atom. The molecule has 3 atom stereocenters. The molecule has 178 valence electrons. The maximum absolute atomic E-state index is 12.9. The van der Waals surface area contributed by atoms with Crippen LogP contribution in [0.4, 0.5) is 0 Å². The predicted octanol–water partition coefficient (Wildman–Crippen LogP) is 3.33. The molecule has 2 aromatic rings. The maximum atomic E-state index is 12.9. The van der Waals surface area contributed by atoms with Crippen molar-refractivity contribution in [2.75, 3.05) is 26.2 Å². The third-order valence-corrected chi connectivity index (χ3v) is 7.15. The summed E-state index contributed by atoms with van der Waals surface area (Å²) in [6.45, 7) is 11.2. The fourth-order valence-electron chi connectivity index (χ4n) is 5.43. The van der Waals surface area contributed by atoms with Crippen LogP contribution in [0.5, 0.6) is 0 Å². The first-order chi connectivity index (χ1) is 15.9. The lowest BCUT2D eigenvalue weighted by Crippen LogP contribution is -2.47. The van der Waals surface area contributed by atoms with Gasteiger partial charge in [-0.25, -0.2) is 0 Å². The van der Waals surface area contributed by atoms with E-state index >= 15 is 0 Å². The summed E-state index contributed by atoms with van der Waals surface area (Å²) in [5, 5.41) is 3.33. The number of carbonyl (C=O) groups is 1. The van der Waals surface area contributed by atoms with Crippen molar-refractivity contribution in [3.8, 4) is 0 Å². The van der Waals surface area contributed by atoms with E-state index in [9.17, 15) is 4.79 Å². The lowest BCUT2D eigenvalue weighted by atomic mass is 9.79. The second-order valence-electron chi connectivity index (χ2n) is 10.7. The molecule has 6 heteroatoms. The Bertz CT molecular complexity index is 874. The van der Waals surface area contributed by atoms with Crippen LogP contribution in [0.25, 0.3) is 0 Å². The van der Waals surface area contributed by atoms with Crippen molar-refractivity contribution >= 4 is 5.91 Å². The van der Waals surface area contributed by atoms with Crippen LogP contribution in [-0.2, 0) is 11.2 Å². The second kappa shape index (κ2) is 10.8. The fraction of sp³-hybridized carbons (Fsp3) is 0.556. The largest absolute Gasteiger partial charge is 0.347 e. The quantitative estimate of drug-likeness (QED) is 0.605. The first-order valence-electron chi connectivity index (χ1n) is 12.3. The van der Waals surface area contributed by atoms with Crippen molar-refractivity contribution in [1.29, 1.82) is 0 Å². The number of amides is 1. The van der Waals surface area contributed by atoms with E-state index in [1.165, 1.54) is 0 Å². The van der Waals surface area contributed by atoms with Crippen LogP contribution in [0, 0.1) is 17.3 Å². The van der Waals surface area contributed by atoms with Crippen LogP contribution in [0.1, 0.15) is 50.9 Å². The van der Waals surface area contributed by atoms with Crippen molar-refractivity contribution in [2.24, 2.45) is 17.3 Å². The van der Waals surface area contributed by atoms with Gasteiger partial charge in [0.25, 0.3) is 0 Å². The minimum absolute atomic E-state index is 0.0401. The van der Waals surface area contributed by atoms with Crippen molar-refractivity contribution in [2.45, 2.75) is 52.1 Å². The van der Waals surface area contributed by atoms with Gasteiger partial charge in [0, 0.05) is 31.2 Å². The van der Waals surface area contributed by atoms with Gasteiger partial charge in [-0.2, -0.15) is 0 Å². The molecule has 0 spiro atoms. The van der Waals surface area contributed by atoms with Crippen LogP contribution in [0.2, 0.25) is 0 Å². The molecule has 4 rings (SSSR count). The van der Waals surface area contributed by atoms with E-state index in [0.29, 0.717) is 24.3 Å². The molecule has 3 N–H and O–H groups in total. The highest BCUT2D eigenvalue weighted by Crippen LogP contribution is 2.32. The molecule has 1 amide bonds. The molecule has 2 aliphatic heterocycles. The highest BCUT2D eigenvalue weighted by molar-refractivity contribution is 5.79. The van der Waals surface area contributed by atoms with Gasteiger partial charge in [-0.3, -0.25) is 20.6 Å². The zero-order valence-electron chi connectivity index (χ0n) is 20.3. The topological polar surface area (TPSA) is 69.3 Å². The summed E-state index contributed by atoms with van der Waals surface area (Å²) in [7, 11) is 0. The number of rotatable bonds is 7. The molecule has 1 aromatic carbocycles. The molecule has 33 heavy (non-hydrogen) atoms. The monoisotopic (exact) mass is 449 g/mol. The smallest absolute Gasteiger partial charge is 0.224 e. The molecule has 6 nitrogen and oxygen atoms in total. The highest BCUT2D eigenvalue weighted by atomic mass is 16.1. The molecule has 0 radical (unpaired) electrons. The van der Waals surface area contributed by atoms with Crippen molar-refractivity contribution < 1.29 is 4.79 Å². The minimum Gasteiger partial charge on any atom is -0.347 e. The number of nitrogens with zero attached hydrogens (tertiary/aromatic N) is 2. The summed E-state index contributed by atoms with van der Waals surface area (Å²) in [4.78, 5) is 20.1. The van der Waals surface area contributed by atoms with E-state index in [-0.39, 0.29) is 17.4 Å². The summed E-state index contributed by atoms with van der Waals surface area (Å²) >= 11 is 0. The van der Waals surface area contributed by atoms with E-state index in [0.717, 1.165) is 50.3 Å². The summed E-state index contributed by atoms with van der Waals surface area (Å²) in [5.41, 5.74) is 9.11. The van der Waals surface area contributed by atoms with E-state index in [4.69, 9.17) is 0 Å². The molecule has 2 fully saturated rings. The van der Waals surface area contributed by atoms with E-state index in [2.05, 4.69) is 46.8 Å². The zero-order valence-corrected chi connectivity index (χ0v) is 20.3. The number of benzene rings is 1. The maximum Gasteiger partial charge on any atom is 0.224 e. The number of hydrogen-bond donors (Lipinski definition) is 3. The van der Waals surface area contributed by atoms with Gasteiger partial charge in [0.1, 0.15) is 0 Å². The van der Waals surface area contributed by atoms with Gasteiger partial charge in [0.05, 0.1) is 18.2 Å². The van der Waals surface area contributed by atoms with Crippen LogP contribution >= 0.6 is 0 Å². The Hall–Kier alpha value is -2.28. The van der Waals surface area contributed by atoms with Crippen LogP contribution < -0.4 is 16.2 Å². The highest BCUT2D eigenvalue weighted by Gasteiger charge is 2.38. The van der Waals surface area contributed by atoms with Gasteiger partial charge < -0.3 is 10.2 Å². The zero-order chi connectivity index (χ0) is 23.3. The number of piperidine rings is 1. The molecule has 3 heterocycles. The second-order valence-corrected chi connectivity index (χ2v) is 10.7. The number of nitrogens with one attached hydrogen (secondary N) is 3. The molecule has 0 saturated carbocycles. The van der Waals surface area contributed by atoms with Crippen LogP contribution in [0.3, 0.4) is 0 Å². The summed E-state index contributed by atoms with van der Waals surface area (Å²) in [6.07, 6.45) is 4.37. The van der Waals surface area contributed by atoms with Gasteiger partial charge >= 0.3 is 0 Å². The average Bonchev–Trinajstić information content (AvgIpc) is 3.28.